The Balaban J connectivity index is 1.91. The minimum atomic E-state index is -0.873. The van der Waals surface area contributed by atoms with Crippen molar-refractivity contribution in [1.82, 2.24) is 4.90 Å². The number of aliphatic carboxylic acids is 1. The van der Waals surface area contributed by atoms with Gasteiger partial charge >= 0.3 is 5.97 Å². The van der Waals surface area contributed by atoms with E-state index in [1.807, 2.05) is 0 Å². The summed E-state index contributed by atoms with van der Waals surface area (Å²) in [7, 11) is 0. The van der Waals surface area contributed by atoms with E-state index in [1.54, 1.807) is 0 Å². The molecule has 118 valence electrons. The molecule has 1 aromatic carbocycles. The second-order valence-corrected chi connectivity index (χ2v) is 6.52. The molecule has 22 heavy (non-hydrogen) atoms. The van der Waals surface area contributed by atoms with Crippen LogP contribution in [0.2, 0.25) is 5.02 Å². The molecule has 0 bridgehead atoms. The normalized spacial score (nSPS) is 27.0. The number of carbonyl (C=O) groups excluding carboxylic acids is 1. The lowest BCUT2D eigenvalue weighted by Crippen LogP contribution is -2.37. The van der Waals surface area contributed by atoms with Gasteiger partial charge in [0, 0.05) is 18.1 Å². The van der Waals surface area contributed by atoms with Crippen molar-refractivity contribution in [3.63, 3.8) is 0 Å². The molecule has 7 heteroatoms. The zero-order valence-corrected chi connectivity index (χ0v) is 12.6. The first-order valence-electron chi connectivity index (χ1n) is 7.12. The molecule has 0 radical (unpaired) electrons. The molecule has 1 saturated carbocycles. The van der Waals surface area contributed by atoms with Gasteiger partial charge in [0.25, 0.3) is 5.91 Å². The van der Waals surface area contributed by atoms with Crippen LogP contribution in [-0.4, -0.2) is 35.0 Å². The number of benzene rings is 1. The summed E-state index contributed by atoms with van der Waals surface area (Å²) in [5.74, 6) is -2.13. The quantitative estimate of drug-likeness (QED) is 0.817. The summed E-state index contributed by atoms with van der Waals surface area (Å²) in [6.45, 7) is 0.498. The lowest BCUT2D eigenvalue weighted by Gasteiger charge is -2.23. The minimum Gasteiger partial charge on any atom is -0.481 e. The molecule has 5 nitrogen and oxygen atoms in total. The number of amides is 1. The third kappa shape index (κ3) is 2.13. The number of hydrogen-bond donors (Lipinski definition) is 2. The van der Waals surface area contributed by atoms with E-state index >= 15 is 0 Å². The Bertz CT molecular complexity index is 666. The first-order valence-corrected chi connectivity index (χ1v) is 7.50. The minimum absolute atomic E-state index is 0.00878. The molecule has 3 N–H and O–H groups in total. The summed E-state index contributed by atoms with van der Waals surface area (Å²) in [6.07, 6.45) is 2.21. The van der Waals surface area contributed by atoms with E-state index in [9.17, 15) is 19.1 Å². The molecule has 0 unspecified atom stereocenters. The Morgan fingerprint density at radius 3 is 2.82 bits per heavy atom. The first-order chi connectivity index (χ1) is 10.3. The van der Waals surface area contributed by atoms with Gasteiger partial charge in [-0.15, -0.1) is 0 Å². The highest BCUT2D eigenvalue weighted by molar-refractivity contribution is 6.31. The number of anilines is 1. The molecule has 0 aromatic heterocycles. The summed E-state index contributed by atoms with van der Waals surface area (Å²) in [5, 5.41) is 9.63. The molecule has 1 amide bonds. The van der Waals surface area contributed by atoms with Crippen molar-refractivity contribution in [2.45, 2.75) is 19.3 Å². The molecule has 0 spiro atoms. The van der Waals surface area contributed by atoms with E-state index in [4.69, 9.17) is 17.3 Å². The van der Waals surface area contributed by atoms with Crippen LogP contribution < -0.4 is 5.73 Å². The first kappa shape index (κ1) is 15.1. The van der Waals surface area contributed by atoms with Gasteiger partial charge < -0.3 is 15.7 Å². The number of carboxylic acid groups (broad SMARTS) is 1. The fraction of sp³-hybridized carbons (Fsp3) is 0.467. The average molecular weight is 327 g/mol. The third-order valence-electron chi connectivity index (χ3n) is 4.91. The number of nitrogen functional groups attached to an aromatic ring is 1. The van der Waals surface area contributed by atoms with Crippen LogP contribution in [0, 0.1) is 17.2 Å². The van der Waals surface area contributed by atoms with Crippen LogP contribution in [0.5, 0.6) is 0 Å². The number of likely N-dealkylation sites (tertiary alicyclic amines) is 1. The fourth-order valence-corrected chi connectivity index (χ4v) is 3.93. The highest BCUT2D eigenvalue weighted by Gasteiger charge is 2.55. The van der Waals surface area contributed by atoms with E-state index in [2.05, 4.69) is 0 Å². The molecular formula is C15H16ClFN2O3. The lowest BCUT2D eigenvalue weighted by atomic mass is 9.81. The van der Waals surface area contributed by atoms with Crippen LogP contribution in [-0.2, 0) is 4.79 Å². The van der Waals surface area contributed by atoms with Crippen LogP contribution in [0.4, 0.5) is 10.1 Å². The van der Waals surface area contributed by atoms with Crippen LogP contribution in [0.15, 0.2) is 12.1 Å². The largest absolute Gasteiger partial charge is 0.481 e. The molecule has 2 atom stereocenters. The van der Waals surface area contributed by atoms with E-state index in [0.717, 1.165) is 18.9 Å². The molecular weight excluding hydrogens is 311 g/mol. The molecule has 3 rings (SSSR count). The second kappa shape index (κ2) is 5.12. The van der Waals surface area contributed by atoms with E-state index in [1.165, 1.54) is 11.0 Å². The Labute approximate surface area is 131 Å². The monoisotopic (exact) mass is 326 g/mol. The van der Waals surface area contributed by atoms with Gasteiger partial charge in [-0.1, -0.05) is 18.0 Å². The van der Waals surface area contributed by atoms with Crippen molar-refractivity contribution >= 4 is 29.2 Å². The zero-order chi connectivity index (χ0) is 16.1. The van der Waals surface area contributed by atoms with Crippen molar-refractivity contribution in [2.24, 2.45) is 11.3 Å². The second-order valence-electron chi connectivity index (χ2n) is 6.08. The topological polar surface area (TPSA) is 83.6 Å². The van der Waals surface area contributed by atoms with Crippen molar-refractivity contribution in [2.75, 3.05) is 18.8 Å². The number of hydrogen-bond acceptors (Lipinski definition) is 3. The number of carbonyl (C=O) groups is 2. The molecule has 1 aliphatic carbocycles. The highest BCUT2D eigenvalue weighted by Crippen LogP contribution is 2.49. The SMILES string of the molecule is Nc1c(F)cc(Cl)cc1C(=O)N1C[C@@H]2CCC[C@@]2(C(=O)O)C1. The van der Waals surface area contributed by atoms with E-state index in [-0.39, 0.29) is 28.7 Å². The van der Waals surface area contributed by atoms with Crippen LogP contribution in [0.1, 0.15) is 29.6 Å². The molecule has 1 saturated heterocycles. The van der Waals surface area contributed by atoms with Gasteiger partial charge in [-0.05, 0) is 30.9 Å². The van der Waals surface area contributed by atoms with Gasteiger partial charge in [0.15, 0.2) is 0 Å². The number of nitrogens with two attached hydrogens (primary N) is 1. The van der Waals surface area contributed by atoms with Crippen LogP contribution in [0.25, 0.3) is 0 Å². The summed E-state index contributed by atoms with van der Waals surface area (Å²) >= 11 is 5.79. The molecule has 2 fully saturated rings. The van der Waals surface area contributed by atoms with Gasteiger partial charge in [0.2, 0.25) is 0 Å². The maximum atomic E-state index is 13.6. The number of fused-ring (bicyclic) bond motifs is 1. The highest BCUT2D eigenvalue weighted by atomic mass is 35.5. The van der Waals surface area contributed by atoms with Crippen molar-refractivity contribution in [3.05, 3.63) is 28.5 Å². The van der Waals surface area contributed by atoms with E-state index < -0.39 is 23.1 Å². The summed E-state index contributed by atoms with van der Waals surface area (Å²) < 4.78 is 13.6. The fourth-order valence-electron chi connectivity index (χ4n) is 3.73. The Morgan fingerprint density at radius 2 is 2.18 bits per heavy atom. The molecule has 2 aliphatic rings. The maximum absolute atomic E-state index is 13.6. The number of carboxylic acids is 1. The smallest absolute Gasteiger partial charge is 0.311 e. The van der Waals surface area contributed by atoms with E-state index in [0.29, 0.717) is 13.0 Å². The van der Waals surface area contributed by atoms with Gasteiger partial charge in [-0.25, -0.2) is 4.39 Å². The van der Waals surface area contributed by atoms with Crippen molar-refractivity contribution in [1.29, 1.82) is 0 Å². The van der Waals surface area contributed by atoms with Crippen molar-refractivity contribution in [3.8, 4) is 0 Å². The standard InChI is InChI=1S/C15H16ClFN2O3/c16-9-4-10(12(18)11(17)5-9)13(20)19-6-8-2-1-3-15(8,7-19)14(21)22/h4-5,8H,1-3,6-7,18H2,(H,21,22)/t8-,15+/m0/s1. The van der Waals surface area contributed by atoms with Crippen LogP contribution in [0.3, 0.4) is 0 Å². The Hall–Kier alpha value is -1.82. The van der Waals surface area contributed by atoms with Gasteiger partial charge in [-0.3, -0.25) is 9.59 Å². The van der Waals surface area contributed by atoms with Crippen LogP contribution >= 0.6 is 11.6 Å². The average Bonchev–Trinajstić information content (AvgIpc) is 2.99. The maximum Gasteiger partial charge on any atom is 0.311 e. The van der Waals surface area contributed by atoms with Gasteiger partial charge in [0.05, 0.1) is 16.7 Å². The third-order valence-corrected chi connectivity index (χ3v) is 5.13. The van der Waals surface area contributed by atoms with Gasteiger partial charge in [0.1, 0.15) is 5.82 Å². The molecule has 1 heterocycles. The molecule has 1 aromatic rings. The summed E-state index contributed by atoms with van der Waals surface area (Å²) in [6, 6.07) is 2.37. The predicted molar refractivity (Wildman–Crippen MR) is 79.1 cm³/mol. The Kier molecular flexibility index (Phi) is 3.51. The number of halogens is 2. The predicted octanol–water partition coefficient (Wildman–Crippen LogP) is 2.39. The molecule has 1 aliphatic heterocycles. The number of nitrogens with zero attached hydrogens (tertiary/aromatic N) is 1. The number of rotatable bonds is 2. The Morgan fingerprint density at radius 1 is 1.45 bits per heavy atom. The van der Waals surface area contributed by atoms with Crippen molar-refractivity contribution < 1.29 is 19.1 Å². The summed E-state index contributed by atoms with van der Waals surface area (Å²) in [4.78, 5) is 25.7. The zero-order valence-electron chi connectivity index (χ0n) is 11.8. The van der Waals surface area contributed by atoms with Gasteiger partial charge in [-0.2, -0.15) is 0 Å². The lowest BCUT2D eigenvalue weighted by molar-refractivity contribution is -0.149. The summed E-state index contributed by atoms with van der Waals surface area (Å²) in [5.41, 5.74) is 4.49.